The molecule has 0 N–H and O–H groups in total. The van der Waals surface area contributed by atoms with Crippen LogP contribution in [-0.2, 0) is 4.74 Å². The van der Waals surface area contributed by atoms with Crippen LogP contribution in [0.3, 0.4) is 0 Å². The summed E-state index contributed by atoms with van der Waals surface area (Å²) in [5.74, 6) is 6.86. The molecule has 2 aromatic carbocycles. The first-order chi connectivity index (χ1) is 12.3. The average Bonchev–Trinajstić information content (AvgIpc) is 2.67. The molecule has 0 aromatic heterocycles. The predicted octanol–water partition coefficient (Wildman–Crippen LogP) is 3.94. The Morgan fingerprint density at radius 3 is 1.44 bits per heavy atom. The quantitative estimate of drug-likeness (QED) is 0.616. The van der Waals surface area contributed by atoms with Crippen LogP contribution >= 0.6 is 0 Å². The summed E-state index contributed by atoms with van der Waals surface area (Å²) < 4.78 is 17.1. The van der Waals surface area contributed by atoms with Crippen molar-refractivity contribution in [3.8, 4) is 36.2 Å². The van der Waals surface area contributed by atoms with Crippen LogP contribution in [0.2, 0.25) is 0 Å². The largest absolute Gasteiger partial charge is 0.493 e. The molecule has 0 bridgehead atoms. The second-order valence-electron chi connectivity index (χ2n) is 5.35. The molecule has 3 nitrogen and oxygen atoms in total. The van der Waals surface area contributed by atoms with Gasteiger partial charge >= 0.3 is 0 Å². The van der Waals surface area contributed by atoms with Gasteiger partial charge < -0.3 is 14.2 Å². The lowest BCUT2D eigenvalue weighted by Crippen LogP contribution is -2.23. The zero-order valence-electron chi connectivity index (χ0n) is 14.1. The minimum atomic E-state index is -0.388. The van der Waals surface area contributed by atoms with E-state index in [1.165, 1.54) is 0 Å². The summed E-state index contributed by atoms with van der Waals surface area (Å²) in [5.41, 5.74) is 0. The lowest BCUT2D eigenvalue weighted by molar-refractivity contribution is 0.0293. The van der Waals surface area contributed by atoms with Gasteiger partial charge in [0.25, 0.3) is 0 Å². The van der Waals surface area contributed by atoms with E-state index in [1.54, 1.807) is 0 Å². The van der Waals surface area contributed by atoms with Crippen molar-refractivity contribution < 1.29 is 14.2 Å². The smallest absolute Gasteiger partial charge is 0.122 e. The van der Waals surface area contributed by atoms with E-state index in [-0.39, 0.29) is 12.2 Å². The molecule has 0 spiro atoms. The maximum Gasteiger partial charge on any atom is 0.122 e. The molecule has 0 amide bonds. The molecule has 0 fully saturated rings. The van der Waals surface area contributed by atoms with E-state index < -0.39 is 0 Å². The van der Waals surface area contributed by atoms with Crippen LogP contribution in [0.1, 0.15) is 12.8 Å². The highest BCUT2D eigenvalue weighted by Crippen LogP contribution is 2.12. The molecule has 25 heavy (non-hydrogen) atoms. The zero-order chi connectivity index (χ0) is 17.7. The van der Waals surface area contributed by atoms with E-state index >= 15 is 0 Å². The molecular weight excluding hydrogens is 312 g/mol. The highest BCUT2D eigenvalue weighted by Gasteiger charge is 2.13. The predicted molar refractivity (Wildman–Crippen MR) is 99.4 cm³/mol. The highest BCUT2D eigenvalue weighted by atomic mass is 16.5. The normalized spacial score (nSPS) is 12.4. The van der Waals surface area contributed by atoms with E-state index in [9.17, 15) is 0 Å². The van der Waals surface area contributed by atoms with Crippen molar-refractivity contribution >= 4 is 0 Å². The number of benzene rings is 2. The molecular formula is C22H22O3. The standard InChI is InChI=1S/C22H22O3/c1-3-19(15-17-23-21-11-7-5-8-12-21)25-20(4-2)16-18-24-22-13-9-6-10-14-22/h1-2,5-14,19-20H,15-18H2. The average molecular weight is 334 g/mol. The number of hydrogen-bond donors (Lipinski definition) is 0. The molecule has 3 heteroatoms. The van der Waals surface area contributed by atoms with Crippen molar-refractivity contribution in [2.45, 2.75) is 25.0 Å². The number of hydrogen-bond acceptors (Lipinski definition) is 3. The second kappa shape index (κ2) is 10.8. The van der Waals surface area contributed by atoms with Crippen molar-refractivity contribution in [2.24, 2.45) is 0 Å². The Labute approximate surface area is 149 Å². The Hall–Kier alpha value is -2.88. The minimum Gasteiger partial charge on any atom is -0.493 e. The molecule has 128 valence electrons. The Bertz CT molecular complexity index is 621. The van der Waals surface area contributed by atoms with Gasteiger partial charge in [-0.3, -0.25) is 0 Å². The third-order valence-corrected chi connectivity index (χ3v) is 3.48. The maximum atomic E-state index is 5.79. The van der Waals surface area contributed by atoms with Crippen molar-refractivity contribution in [3.05, 3.63) is 60.7 Å². The fraction of sp³-hybridized carbons (Fsp3) is 0.273. The summed E-state index contributed by atoms with van der Waals surface area (Å²) >= 11 is 0. The Kier molecular flexibility index (Phi) is 7.98. The maximum absolute atomic E-state index is 5.79. The van der Waals surface area contributed by atoms with E-state index in [1.807, 2.05) is 60.7 Å². The van der Waals surface area contributed by atoms with Gasteiger partial charge in [0.2, 0.25) is 0 Å². The van der Waals surface area contributed by atoms with Gasteiger partial charge in [-0.05, 0) is 24.3 Å². The number of terminal acetylenes is 2. The van der Waals surface area contributed by atoms with Crippen LogP contribution in [-0.4, -0.2) is 25.4 Å². The van der Waals surface area contributed by atoms with Crippen molar-refractivity contribution in [1.29, 1.82) is 0 Å². The summed E-state index contributed by atoms with van der Waals surface area (Å²) in [6, 6.07) is 19.2. The van der Waals surface area contributed by atoms with Gasteiger partial charge in [-0.15, -0.1) is 12.8 Å². The molecule has 0 saturated carbocycles. The summed E-state index contributed by atoms with van der Waals surface area (Å²) in [7, 11) is 0. The summed E-state index contributed by atoms with van der Waals surface area (Å²) in [5, 5.41) is 0. The van der Waals surface area contributed by atoms with Crippen LogP contribution in [0.5, 0.6) is 11.5 Å². The second-order valence-corrected chi connectivity index (χ2v) is 5.35. The van der Waals surface area contributed by atoms with Crippen molar-refractivity contribution in [2.75, 3.05) is 13.2 Å². The van der Waals surface area contributed by atoms with Gasteiger partial charge in [0.05, 0.1) is 13.2 Å². The van der Waals surface area contributed by atoms with Crippen LogP contribution in [0.25, 0.3) is 0 Å². The zero-order valence-corrected chi connectivity index (χ0v) is 14.1. The Morgan fingerprint density at radius 1 is 0.680 bits per heavy atom. The third kappa shape index (κ3) is 7.04. The van der Waals surface area contributed by atoms with Gasteiger partial charge in [0, 0.05) is 12.8 Å². The molecule has 0 aliphatic carbocycles. The fourth-order valence-electron chi connectivity index (χ4n) is 2.18. The SMILES string of the molecule is C#CC(CCOc1ccccc1)OC(C#C)CCOc1ccccc1. The van der Waals surface area contributed by atoms with Gasteiger partial charge in [-0.2, -0.15) is 0 Å². The van der Waals surface area contributed by atoms with Gasteiger partial charge in [-0.1, -0.05) is 48.2 Å². The fourth-order valence-corrected chi connectivity index (χ4v) is 2.18. The molecule has 0 aliphatic heterocycles. The molecule has 2 aromatic rings. The monoisotopic (exact) mass is 334 g/mol. The first-order valence-corrected chi connectivity index (χ1v) is 8.25. The van der Waals surface area contributed by atoms with Gasteiger partial charge in [0.15, 0.2) is 0 Å². The lowest BCUT2D eigenvalue weighted by atomic mass is 10.2. The van der Waals surface area contributed by atoms with E-state index in [4.69, 9.17) is 27.1 Å². The molecule has 0 saturated heterocycles. The Morgan fingerprint density at radius 2 is 1.08 bits per heavy atom. The Balaban J connectivity index is 1.70. The van der Waals surface area contributed by atoms with Gasteiger partial charge in [-0.25, -0.2) is 0 Å². The van der Waals surface area contributed by atoms with E-state index in [0.717, 1.165) is 11.5 Å². The topological polar surface area (TPSA) is 27.7 Å². The summed E-state index contributed by atoms with van der Waals surface area (Å²) in [6.45, 7) is 0.938. The third-order valence-electron chi connectivity index (χ3n) is 3.48. The van der Waals surface area contributed by atoms with Crippen molar-refractivity contribution in [1.82, 2.24) is 0 Å². The number of para-hydroxylation sites is 2. The molecule has 0 radical (unpaired) electrons. The summed E-state index contributed by atoms with van der Waals surface area (Å²) in [6.07, 6.45) is 11.5. The minimum absolute atomic E-state index is 0.388. The lowest BCUT2D eigenvalue weighted by Gasteiger charge is -2.18. The molecule has 2 atom stereocenters. The van der Waals surface area contributed by atoms with Crippen molar-refractivity contribution in [3.63, 3.8) is 0 Å². The van der Waals surface area contributed by atoms with Crippen LogP contribution < -0.4 is 9.47 Å². The molecule has 2 unspecified atom stereocenters. The first-order valence-electron chi connectivity index (χ1n) is 8.25. The molecule has 0 aliphatic rings. The van der Waals surface area contributed by atoms with Crippen LogP contribution in [0, 0.1) is 24.7 Å². The summed E-state index contributed by atoms with van der Waals surface area (Å²) in [4.78, 5) is 0. The first kappa shape index (κ1) is 18.5. The molecule has 2 rings (SSSR count). The van der Waals surface area contributed by atoms with Crippen LogP contribution in [0.4, 0.5) is 0 Å². The number of ether oxygens (including phenoxy) is 3. The number of rotatable bonds is 10. The molecule has 0 heterocycles. The van der Waals surface area contributed by atoms with E-state index in [0.29, 0.717) is 26.1 Å². The van der Waals surface area contributed by atoms with Gasteiger partial charge in [0.1, 0.15) is 23.7 Å². The highest BCUT2D eigenvalue weighted by molar-refractivity contribution is 5.21. The van der Waals surface area contributed by atoms with Crippen LogP contribution in [0.15, 0.2) is 60.7 Å². The van der Waals surface area contributed by atoms with E-state index in [2.05, 4.69) is 11.8 Å².